The number of nitrogens with one attached hydrogen (secondary N) is 1. The molecule has 0 spiro atoms. The molecule has 0 bridgehead atoms. The van der Waals surface area contributed by atoms with Crippen molar-refractivity contribution in [3.05, 3.63) is 29.8 Å². The van der Waals surface area contributed by atoms with Crippen LogP contribution < -0.4 is 5.48 Å². The fourth-order valence-corrected chi connectivity index (χ4v) is 1.88. The van der Waals surface area contributed by atoms with Gasteiger partial charge in [0.2, 0.25) is 5.90 Å². The lowest BCUT2D eigenvalue weighted by Crippen LogP contribution is -2.30. The van der Waals surface area contributed by atoms with Crippen LogP contribution >= 0.6 is 0 Å². The third kappa shape index (κ3) is 2.80. The highest BCUT2D eigenvalue weighted by Gasteiger charge is 2.23. The Bertz CT molecular complexity index is 430. The van der Waals surface area contributed by atoms with E-state index in [4.69, 9.17) is 4.84 Å². The average Bonchev–Trinajstić information content (AvgIpc) is 2.85. The van der Waals surface area contributed by atoms with E-state index in [0.717, 1.165) is 18.7 Å². The zero-order valence-corrected chi connectivity index (χ0v) is 10.8. The highest BCUT2D eigenvalue weighted by Crippen LogP contribution is 2.26. The number of nitrogens with zero attached hydrogens (tertiary/aromatic N) is 2. The summed E-state index contributed by atoms with van der Waals surface area (Å²) in [6, 6.07) is 7.14. The topological polar surface area (TPSA) is 57.1 Å². The fraction of sp³-hybridized carbons (Fsp3) is 0.462. The number of aliphatic imine (C=N–C) groups is 1. The van der Waals surface area contributed by atoms with Crippen LogP contribution in [0.3, 0.4) is 0 Å². The lowest BCUT2D eigenvalue weighted by Gasteiger charge is -2.16. The molecular weight excluding hydrogens is 230 g/mol. The van der Waals surface area contributed by atoms with Crippen LogP contribution in [0.5, 0.6) is 5.75 Å². The number of rotatable bonds is 5. The number of likely N-dealkylation sites (N-methyl/N-ethyl adjacent to an activating group) is 1. The zero-order chi connectivity index (χ0) is 13.0. The maximum atomic E-state index is 9.76. The molecule has 0 amide bonds. The molecule has 5 nitrogen and oxygen atoms in total. The van der Waals surface area contributed by atoms with E-state index < -0.39 is 0 Å². The number of phenols is 1. The number of aromatic hydroxyl groups is 1. The first-order chi connectivity index (χ1) is 8.74. The molecule has 0 saturated carbocycles. The Labute approximate surface area is 107 Å². The van der Waals surface area contributed by atoms with Gasteiger partial charge in [0.25, 0.3) is 0 Å². The van der Waals surface area contributed by atoms with E-state index in [1.54, 1.807) is 12.1 Å². The molecule has 18 heavy (non-hydrogen) atoms. The predicted molar refractivity (Wildman–Crippen MR) is 70.3 cm³/mol. The predicted octanol–water partition coefficient (Wildman–Crippen LogP) is 1.67. The minimum atomic E-state index is -0.322. The Kier molecular flexibility index (Phi) is 4.17. The first-order valence-electron chi connectivity index (χ1n) is 6.23. The summed E-state index contributed by atoms with van der Waals surface area (Å²) in [5, 5.41) is 9.76. The van der Waals surface area contributed by atoms with E-state index in [0.29, 0.717) is 12.4 Å². The summed E-state index contributed by atoms with van der Waals surface area (Å²) >= 11 is 0. The van der Waals surface area contributed by atoms with Gasteiger partial charge in [-0.15, -0.1) is 5.48 Å². The first-order valence-corrected chi connectivity index (χ1v) is 6.23. The second kappa shape index (κ2) is 5.84. The van der Waals surface area contributed by atoms with Gasteiger partial charge in [-0.2, -0.15) is 0 Å². The lowest BCUT2D eigenvalue weighted by molar-refractivity contribution is 0.166. The van der Waals surface area contributed by atoms with Crippen LogP contribution in [0.25, 0.3) is 0 Å². The fourth-order valence-electron chi connectivity index (χ4n) is 1.88. The number of hydroxylamine groups is 1. The summed E-state index contributed by atoms with van der Waals surface area (Å²) in [5.74, 6) is 0.887. The van der Waals surface area contributed by atoms with E-state index in [9.17, 15) is 5.11 Å². The smallest absolute Gasteiger partial charge is 0.225 e. The SMILES string of the molecule is CCN(CC)CC1=N[C@H](c2ccccc2O)NO1. The van der Waals surface area contributed by atoms with Gasteiger partial charge >= 0.3 is 0 Å². The van der Waals surface area contributed by atoms with Crippen molar-refractivity contribution in [2.75, 3.05) is 19.6 Å². The summed E-state index contributed by atoms with van der Waals surface area (Å²) in [6.45, 7) is 6.81. The number of hydrogen-bond donors (Lipinski definition) is 2. The summed E-state index contributed by atoms with van der Waals surface area (Å²) in [6.07, 6.45) is -0.322. The largest absolute Gasteiger partial charge is 0.508 e. The molecule has 1 heterocycles. The summed E-state index contributed by atoms with van der Waals surface area (Å²) in [7, 11) is 0. The molecule has 1 atom stereocenters. The van der Waals surface area contributed by atoms with Gasteiger partial charge in [0, 0.05) is 5.56 Å². The molecule has 0 saturated heterocycles. The van der Waals surface area contributed by atoms with Gasteiger partial charge in [0.1, 0.15) is 5.75 Å². The third-order valence-corrected chi connectivity index (χ3v) is 3.05. The summed E-state index contributed by atoms with van der Waals surface area (Å²) in [4.78, 5) is 12.0. The third-order valence-electron chi connectivity index (χ3n) is 3.05. The first kappa shape index (κ1) is 12.9. The molecule has 98 valence electrons. The molecule has 0 aliphatic carbocycles. The number of para-hydroxylation sites is 1. The van der Waals surface area contributed by atoms with Crippen molar-refractivity contribution in [1.82, 2.24) is 10.4 Å². The molecule has 1 aliphatic heterocycles. The second-order valence-electron chi connectivity index (χ2n) is 4.17. The molecule has 1 aromatic rings. The standard InChI is InChI=1S/C13H19N3O2/c1-3-16(4-2)9-12-14-13(15-18-12)10-7-5-6-8-11(10)17/h5-8,13,15,17H,3-4,9H2,1-2H3/t13-/m0/s1. The molecular formula is C13H19N3O2. The van der Waals surface area contributed by atoms with Crippen LogP contribution in [0.4, 0.5) is 0 Å². The van der Waals surface area contributed by atoms with Gasteiger partial charge in [0.15, 0.2) is 6.17 Å². The van der Waals surface area contributed by atoms with Crippen molar-refractivity contribution in [3.63, 3.8) is 0 Å². The Morgan fingerprint density at radius 3 is 2.72 bits per heavy atom. The number of phenolic OH excluding ortho intramolecular Hbond substituents is 1. The van der Waals surface area contributed by atoms with Crippen LogP contribution in [0.15, 0.2) is 29.3 Å². The molecule has 5 heteroatoms. The monoisotopic (exact) mass is 249 g/mol. The molecule has 1 aliphatic rings. The number of benzene rings is 1. The van der Waals surface area contributed by atoms with E-state index in [2.05, 4.69) is 29.2 Å². The molecule has 0 unspecified atom stereocenters. The Morgan fingerprint density at radius 2 is 2.06 bits per heavy atom. The van der Waals surface area contributed by atoms with E-state index in [1.165, 1.54) is 0 Å². The molecule has 2 rings (SSSR count). The molecule has 0 fully saturated rings. The Hall–Kier alpha value is -1.59. The van der Waals surface area contributed by atoms with E-state index in [1.807, 2.05) is 12.1 Å². The highest BCUT2D eigenvalue weighted by atomic mass is 16.7. The quantitative estimate of drug-likeness (QED) is 0.833. The van der Waals surface area contributed by atoms with Crippen LogP contribution in [-0.2, 0) is 4.84 Å². The van der Waals surface area contributed by atoms with Gasteiger partial charge in [-0.1, -0.05) is 32.0 Å². The molecule has 0 aromatic heterocycles. The minimum Gasteiger partial charge on any atom is -0.508 e. The maximum Gasteiger partial charge on any atom is 0.225 e. The van der Waals surface area contributed by atoms with Gasteiger partial charge in [-0.3, -0.25) is 4.90 Å². The molecule has 0 radical (unpaired) electrons. The van der Waals surface area contributed by atoms with Crippen molar-refractivity contribution in [2.45, 2.75) is 20.0 Å². The number of hydrogen-bond acceptors (Lipinski definition) is 5. The van der Waals surface area contributed by atoms with Crippen LogP contribution in [0.2, 0.25) is 0 Å². The highest BCUT2D eigenvalue weighted by molar-refractivity contribution is 5.79. The van der Waals surface area contributed by atoms with Crippen molar-refractivity contribution in [2.24, 2.45) is 4.99 Å². The van der Waals surface area contributed by atoms with Gasteiger partial charge in [-0.05, 0) is 19.2 Å². The van der Waals surface area contributed by atoms with Crippen molar-refractivity contribution in [3.8, 4) is 5.75 Å². The maximum absolute atomic E-state index is 9.76. The van der Waals surface area contributed by atoms with E-state index >= 15 is 0 Å². The van der Waals surface area contributed by atoms with Crippen molar-refractivity contribution < 1.29 is 9.94 Å². The zero-order valence-electron chi connectivity index (χ0n) is 10.8. The average molecular weight is 249 g/mol. The molecule has 2 N–H and O–H groups in total. The van der Waals surface area contributed by atoms with Gasteiger partial charge < -0.3 is 9.94 Å². The van der Waals surface area contributed by atoms with Crippen LogP contribution in [0, 0.1) is 0 Å². The van der Waals surface area contributed by atoms with Crippen LogP contribution in [-0.4, -0.2) is 35.5 Å². The van der Waals surface area contributed by atoms with Gasteiger partial charge in [-0.25, -0.2) is 4.99 Å². The summed E-state index contributed by atoms with van der Waals surface area (Å²) < 4.78 is 0. The van der Waals surface area contributed by atoms with Crippen molar-refractivity contribution in [1.29, 1.82) is 0 Å². The lowest BCUT2D eigenvalue weighted by atomic mass is 10.1. The van der Waals surface area contributed by atoms with Gasteiger partial charge in [0.05, 0.1) is 6.54 Å². The van der Waals surface area contributed by atoms with Crippen molar-refractivity contribution >= 4 is 5.90 Å². The van der Waals surface area contributed by atoms with Crippen LogP contribution in [0.1, 0.15) is 25.6 Å². The minimum absolute atomic E-state index is 0.228. The van der Waals surface area contributed by atoms with E-state index in [-0.39, 0.29) is 11.9 Å². The molecule has 1 aromatic carbocycles. The Balaban J connectivity index is 2.06. The normalized spacial score (nSPS) is 18.8. The summed E-state index contributed by atoms with van der Waals surface area (Å²) in [5.41, 5.74) is 3.56. The Morgan fingerprint density at radius 1 is 1.33 bits per heavy atom. The second-order valence-corrected chi connectivity index (χ2v) is 4.17.